The summed E-state index contributed by atoms with van der Waals surface area (Å²) in [6.45, 7) is 3.69. The van der Waals surface area contributed by atoms with E-state index in [1.165, 1.54) is 22.9 Å². The molecule has 1 aromatic heterocycles. The largest absolute Gasteiger partial charge is 0.411 e. The minimum absolute atomic E-state index is 0.0173. The van der Waals surface area contributed by atoms with Crippen LogP contribution < -0.4 is 5.56 Å². The molecule has 0 aliphatic carbocycles. The van der Waals surface area contributed by atoms with Crippen molar-refractivity contribution in [2.45, 2.75) is 19.9 Å². The van der Waals surface area contributed by atoms with Gasteiger partial charge in [0.05, 0.1) is 0 Å². The Labute approximate surface area is 86.7 Å². The van der Waals surface area contributed by atoms with Crippen LogP contribution in [0.5, 0.6) is 0 Å². The molecule has 0 spiro atoms. The van der Waals surface area contributed by atoms with E-state index in [1.54, 1.807) is 0 Å². The van der Waals surface area contributed by atoms with Gasteiger partial charge in [0.2, 0.25) is 5.78 Å². The lowest BCUT2D eigenvalue weighted by Gasteiger charge is -2.09. The number of rotatable bonds is 3. The summed E-state index contributed by atoms with van der Waals surface area (Å²) >= 11 is 0. The summed E-state index contributed by atoms with van der Waals surface area (Å²) in [6.07, 6.45) is 2.25. The van der Waals surface area contributed by atoms with E-state index < -0.39 is 5.78 Å². The molecule has 1 heterocycles. The first kappa shape index (κ1) is 11.2. The predicted molar refractivity (Wildman–Crippen MR) is 55.7 cm³/mol. The number of oxime groups is 1. The quantitative estimate of drug-likeness (QED) is 0.349. The van der Waals surface area contributed by atoms with Crippen molar-refractivity contribution >= 4 is 12.0 Å². The Morgan fingerprint density at radius 2 is 2.20 bits per heavy atom. The zero-order valence-electron chi connectivity index (χ0n) is 8.54. The van der Waals surface area contributed by atoms with Gasteiger partial charge in [0, 0.05) is 23.9 Å². The molecule has 0 amide bonds. The Morgan fingerprint density at radius 3 is 2.73 bits per heavy atom. The van der Waals surface area contributed by atoms with Gasteiger partial charge in [-0.05, 0) is 19.9 Å². The smallest absolute Gasteiger partial charge is 0.250 e. The summed E-state index contributed by atoms with van der Waals surface area (Å²) in [6, 6.07) is 2.71. The summed E-state index contributed by atoms with van der Waals surface area (Å²) in [5, 5.41) is 10.9. The second kappa shape index (κ2) is 4.54. The van der Waals surface area contributed by atoms with Gasteiger partial charge >= 0.3 is 0 Å². The number of hydrogen-bond donors (Lipinski definition) is 1. The average Bonchev–Trinajstić information content (AvgIpc) is 2.18. The molecule has 1 N–H and O–H groups in total. The van der Waals surface area contributed by atoms with Crippen LogP contribution in [0.2, 0.25) is 0 Å². The summed E-state index contributed by atoms with van der Waals surface area (Å²) in [5.41, 5.74) is 0.156. The van der Waals surface area contributed by atoms with Gasteiger partial charge in [0.15, 0.2) is 0 Å². The highest BCUT2D eigenvalue weighted by atomic mass is 16.4. The third kappa shape index (κ3) is 2.52. The Bertz CT molecular complexity index is 446. The topological polar surface area (TPSA) is 71.7 Å². The molecule has 0 bridgehead atoms. The maximum absolute atomic E-state index is 11.4. The molecule has 15 heavy (non-hydrogen) atoms. The standard InChI is InChI=1S/C10H12N2O3/c1-7(2)12-6-8(3-4-10(12)14)9(13)5-11-15/h3-7,15H,1-2H3. The third-order valence-corrected chi connectivity index (χ3v) is 1.95. The zero-order chi connectivity index (χ0) is 11.4. The molecule has 1 rings (SSSR count). The SMILES string of the molecule is CC(C)n1cc(C(=O)C=NO)ccc1=O. The fourth-order valence-corrected chi connectivity index (χ4v) is 1.18. The molecule has 0 aromatic carbocycles. The van der Waals surface area contributed by atoms with Gasteiger partial charge in [-0.3, -0.25) is 9.59 Å². The highest BCUT2D eigenvalue weighted by molar-refractivity contribution is 6.35. The van der Waals surface area contributed by atoms with Crippen molar-refractivity contribution in [3.05, 3.63) is 34.2 Å². The molecule has 0 aliphatic heterocycles. The Kier molecular flexibility index (Phi) is 3.38. The lowest BCUT2D eigenvalue weighted by Crippen LogP contribution is -2.21. The van der Waals surface area contributed by atoms with Crippen molar-refractivity contribution in [2.24, 2.45) is 5.16 Å². The van der Waals surface area contributed by atoms with E-state index in [-0.39, 0.29) is 11.6 Å². The third-order valence-electron chi connectivity index (χ3n) is 1.95. The number of aromatic nitrogens is 1. The van der Waals surface area contributed by atoms with Crippen LogP contribution in [0.4, 0.5) is 0 Å². The van der Waals surface area contributed by atoms with Crippen molar-refractivity contribution < 1.29 is 10.0 Å². The van der Waals surface area contributed by atoms with Crippen LogP contribution in [-0.4, -0.2) is 21.8 Å². The van der Waals surface area contributed by atoms with Gasteiger partial charge < -0.3 is 9.77 Å². The first-order valence-corrected chi connectivity index (χ1v) is 4.50. The normalized spacial score (nSPS) is 11.1. The van der Waals surface area contributed by atoms with Crippen LogP contribution in [0.15, 0.2) is 28.3 Å². The molecule has 0 atom stereocenters. The van der Waals surface area contributed by atoms with Crippen LogP contribution >= 0.6 is 0 Å². The minimum atomic E-state index is -0.438. The fourth-order valence-electron chi connectivity index (χ4n) is 1.18. The van der Waals surface area contributed by atoms with Crippen LogP contribution in [0, 0.1) is 0 Å². The fraction of sp³-hybridized carbons (Fsp3) is 0.300. The first-order chi connectivity index (χ1) is 7.06. The number of carbonyl (C=O) groups is 1. The first-order valence-electron chi connectivity index (χ1n) is 4.50. The van der Waals surface area contributed by atoms with Crippen molar-refractivity contribution in [3.63, 3.8) is 0 Å². The van der Waals surface area contributed by atoms with Crippen molar-refractivity contribution in [2.75, 3.05) is 0 Å². The molecular weight excluding hydrogens is 196 g/mol. The molecule has 5 heteroatoms. The Hall–Kier alpha value is -1.91. The van der Waals surface area contributed by atoms with E-state index in [2.05, 4.69) is 5.16 Å². The van der Waals surface area contributed by atoms with Gasteiger partial charge in [-0.15, -0.1) is 0 Å². The number of pyridine rings is 1. The Morgan fingerprint density at radius 1 is 1.53 bits per heavy atom. The van der Waals surface area contributed by atoms with Crippen LogP contribution in [0.25, 0.3) is 0 Å². The molecule has 0 unspecified atom stereocenters. The summed E-state index contributed by atoms with van der Waals surface area (Å²) < 4.78 is 1.44. The van der Waals surface area contributed by atoms with Crippen LogP contribution in [0.3, 0.4) is 0 Å². The zero-order valence-corrected chi connectivity index (χ0v) is 8.54. The van der Waals surface area contributed by atoms with E-state index >= 15 is 0 Å². The Balaban J connectivity index is 3.19. The van der Waals surface area contributed by atoms with Gasteiger partial charge in [-0.2, -0.15) is 0 Å². The van der Waals surface area contributed by atoms with E-state index in [4.69, 9.17) is 5.21 Å². The van der Waals surface area contributed by atoms with Crippen LogP contribution in [0.1, 0.15) is 30.2 Å². The van der Waals surface area contributed by atoms with Crippen molar-refractivity contribution in [1.29, 1.82) is 0 Å². The average molecular weight is 208 g/mol. The van der Waals surface area contributed by atoms with E-state index in [1.807, 2.05) is 13.8 Å². The number of hydrogen-bond acceptors (Lipinski definition) is 4. The predicted octanol–water partition coefficient (Wildman–Crippen LogP) is 1.07. The van der Waals surface area contributed by atoms with Gasteiger partial charge in [0.1, 0.15) is 6.21 Å². The van der Waals surface area contributed by atoms with Gasteiger partial charge in [0.25, 0.3) is 5.56 Å². The second-order valence-corrected chi connectivity index (χ2v) is 3.37. The minimum Gasteiger partial charge on any atom is -0.411 e. The number of carbonyl (C=O) groups excluding carboxylic acids is 1. The maximum Gasteiger partial charge on any atom is 0.250 e. The maximum atomic E-state index is 11.4. The van der Waals surface area contributed by atoms with Crippen molar-refractivity contribution in [1.82, 2.24) is 4.57 Å². The highest BCUT2D eigenvalue weighted by Crippen LogP contribution is 2.03. The molecule has 0 fully saturated rings. The van der Waals surface area contributed by atoms with Gasteiger partial charge in [-0.25, -0.2) is 0 Å². The number of Topliss-reactive ketones (excluding diaryl/α,β-unsaturated/α-hetero) is 1. The summed E-state index contributed by atoms with van der Waals surface area (Å²) in [7, 11) is 0. The molecule has 1 aromatic rings. The molecular formula is C10H12N2O3. The van der Waals surface area contributed by atoms with E-state index in [0.29, 0.717) is 5.56 Å². The summed E-state index contributed by atoms with van der Waals surface area (Å²) in [5.74, 6) is -0.438. The molecule has 80 valence electrons. The monoisotopic (exact) mass is 208 g/mol. The summed E-state index contributed by atoms with van der Waals surface area (Å²) in [4.78, 5) is 22.7. The van der Waals surface area contributed by atoms with Crippen LogP contribution in [-0.2, 0) is 0 Å². The number of ketones is 1. The lowest BCUT2D eigenvalue weighted by molar-refractivity contribution is 0.106. The van der Waals surface area contributed by atoms with Gasteiger partial charge in [-0.1, -0.05) is 5.16 Å². The second-order valence-electron chi connectivity index (χ2n) is 3.37. The molecule has 5 nitrogen and oxygen atoms in total. The number of nitrogens with zero attached hydrogens (tertiary/aromatic N) is 2. The van der Waals surface area contributed by atoms with E-state index in [9.17, 15) is 9.59 Å². The highest BCUT2D eigenvalue weighted by Gasteiger charge is 2.07. The lowest BCUT2D eigenvalue weighted by atomic mass is 10.2. The molecule has 0 aliphatic rings. The van der Waals surface area contributed by atoms with Crippen molar-refractivity contribution in [3.8, 4) is 0 Å². The molecule has 0 saturated carbocycles. The van der Waals surface area contributed by atoms with E-state index in [0.717, 1.165) is 6.21 Å². The molecule has 0 saturated heterocycles. The molecule has 0 radical (unpaired) electrons.